The van der Waals surface area contributed by atoms with E-state index in [0.29, 0.717) is 0 Å². The number of rotatable bonds is 1. The molecule has 3 nitrogen and oxygen atoms in total. The van der Waals surface area contributed by atoms with Crippen LogP contribution in [0.5, 0.6) is 0 Å². The van der Waals surface area contributed by atoms with Gasteiger partial charge in [-0.3, -0.25) is 0 Å². The second-order valence-electron chi connectivity index (χ2n) is 1.93. The summed E-state index contributed by atoms with van der Waals surface area (Å²) in [6.07, 6.45) is 1.40. The summed E-state index contributed by atoms with van der Waals surface area (Å²) in [5.41, 5.74) is 0.917. The average molecular weight is 156 g/mol. The third kappa shape index (κ3) is 1.33. The zero-order valence-electron chi connectivity index (χ0n) is 5.83. The van der Waals surface area contributed by atoms with E-state index < -0.39 is 0 Å². The van der Waals surface area contributed by atoms with Gasteiger partial charge in [0.25, 0.3) is 0 Å². The Hall–Kier alpha value is -0.900. The molecular formula is C6H8N2OS. The average Bonchev–Trinajstić information content (AvgIpc) is 2.13. The summed E-state index contributed by atoms with van der Waals surface area (Å²) < 4.78 is 0. The summed E-state index contributed by atoms with van der Waals surface area (Å²) in [4.78, 5) is 5.06. The fraction of sp³-hybridized carbons (Fsp3) is 0.333. The normalized spacial score (nSPS) is 11.0. The maximum absolute atomic E-state index is 8.20. The number of aryl methyl sites for hydroxylation is 2. The highest BCUT2D eigenvalue weighted by molar-refractivity contribution is 7.13. The van der Waals surface area contributed by atoms with Crippen molar-refractivity contribution < 1.29 is 5.21 Å². The number of hydrogen-bond donors (Lipinski definition) is 1. The Balaban J connectivity index is 3.03. The van der Waals surface area contributed by atoms with E-state index in [1.807, 2.05) is 13.8 Å². The fourth-order valence-corrected chi connectivity index (χ4v) is 1.51. The van der Waals surface area contributed by atoms with Crippen LogP contribution in [0.4, 0.5) is 0 Å². The molecule has 10 heavy (non-hydrogen) atoms. The highest BCUT2D eigenvalue weighted by Crippen LogP contribution is 2.13. The van der Waals surface area contributed by atoms with E-state index in [9.17, 15) is 0 Å². The molecule has 0 aliphatic heterocycles. The van der Waals surface area contributed by atoms with Crippen molar-refractivity contribution in [3.63, 3.8) is 0 Å². The predicted octanol–water partition coefficient (Wildman–Crippen LogP) is 1.57. The van der Waals surface area contributed by atoms with E-state index in [-0.39, 0.29) is 0 Å². The summed E-state index contributed by atoms with van der Waals surface area (Å²) in [6, 6.07) is 0. The third-order valence-electron chi connectivity index (χ3n) is 1.11. The van der Waals surface area contributed by atoms with Crippen LogP contribution in [0.3, 0.4) is 0 Å². The summed E-state index contributed by atoms with van der Waals surface area (Å²) in [5.74, 6) is 0. The van der Waals surface area contributed by atoms with Gasteiger partial charge in [-0.2, -0.15) is 0 Å². The molecule has 0 aromatic carbocycles. The zero-order chi connectivity index (χ0) is 7.56. The molecule has 1 heterocycles. The van der Waals surface area contributed by atoms with Crippen molar-refractivity contribution in [3.8, 4) is 0 Å². The van der Waals surface area contributed by atoms with Crippen LogP contribution >= 0.6 is 11.3 Å². The van der Waals surface area contributed by atoms with Crippen molar-refractivity contribution in [2.45, 2.75) is 13.8 Å². The topological polar surface area (TPSA) is 45.5 Å². The molecule has 1 N–H and O–H groups in total. The van der Waals surface area contributed by atoms with E-state index >= 15 is 0 Å². The molecule has 0 aliphatic carbocycles. The van der Waals surface area contributed by atoms with Crippen molar-refractivity contribution in [1.82, 2.24) is 4.98 Å². The van der Waals surface area contributed by atoms with Crippen LogP contribution in [0.2, 0.25) is 0 Å². The third-order valence-corrected chi connectivity index (χ3v) is 2.12. The van der Waals surface area contributed by atoms with Crippen molar-refractivity contribution >= 4 is 17.6 Å². The van der Waals surface area contributed by atoms with Crippen LogP contribution in [-0.2, 0) is 0 Å². The van der Waals surface area contributed by atoms with Crippen molar-refractivity contribution in [2.24, 2.45) is 5.16 Å². The van der Waals surface area contributed by atoms with Gasteiger partial charge in [-0.25, -0.2) is 4.98 Å². The molecule has 0 aliphatic rings. The van der Waals surface area contributed by atoms with E-state index in [2.05, 4.69) is 10.1 Å². The summed E-state index contributed by atoms with van der Waals surface area (Å²) >= 11 is 1.52. The number of thiazole rings is 1. The van der Waals surface area contributed by atoms with Gasteiger partial charge in [0, 0.05) is 0 Å². The monoisotopic (exact) mass is 156 g/mol. The second-order valence-corrected chi connectivity index (χ2v) is 3.16. The van der Waals surface area contributed by atoms with E-state index in [4.69, 9.17) is 5.21 Å². The molecule has 0 radical (unpaired) electrons. The number of aromatic nitrogens is 1. The standard InChI is InChI=1S/C6H8N2OS/c1-4-6(3-7-9)10-5(2)8-4/h3,9H,1-2H3/b7-3+. The van der Waals surface area contributed by atoms with Crippen molar-refractivity contribution in [3.05, 3.63) is 15.6 Å². The van der Waals surface area contributed by atoms with Crippen LogP contribution in [0.15, 0.2) is 5.16 Å². The van der Waals surface area contributed by atoms with Gasteiger partial charge in [-0.1, -0.05) is 5.16 Å². The summed E-state index contributed by atoms with van der Waals surface area (Å²) in [5, 5.41) is 12.1. The lowest BCUT2D eigenvalue weighted by Crippen LogP contribution is -1.78. The van der Waals surface area contributed by atoms with Crippen LogP contribution in [-0.4, -0.2) is 16.4 Å². The maximum Gasteiger partial charge on any atom is 0.0904 e. The Bertz CT molecular complexity index is 254. The zero-order valence-corrected chi connectivity index (χ0v) is 6.64. The predicted molar refractivity (Wildman–Crippen MR) is 41.0 cm³/mol. The SMILES string of the molecule is Cc1nc(C)c(/C=N/O)s1. The van der Waals surface area contributed by atoms with Gasteiger partial charge in [0.05, 0.1) is 21.8 Å². The molecule has 0 saturated heterocycles. The molecule has 0 bridgehead atoms. The van der Waals surface area contributed by atoms with Crippen LogP contribution in [0.25, 0.3) is 0 Å². The molecule has 1 rings (SSSR count). The first-order valence-electron chi connectivity index (χ1n) is 2.85. The Morgan fingerprint density at radius 3 is 2.70 bits per heavy atom. The second kappa shape index (κ2) is 2.79. The lowest BCUT2D eigenvalue weighted by atomic mass is 10.4. The lowest BCUT2D eigenvalue weighted by Gasteiger charge is -1.80. The Morgan fingerprint density at radius 2 is 2.30 bits per heavy atom. The largest absolute Gasteiger partial charge is 0.411 e. The Labute approximate surface area is 63.0 Å². The molecule has 0 saturated carbocycles. The number of hydrogen-bond acceptors (Lipinski definition) is 4. The van der Waals surface area contributed by atoms with Crippen LogP contribution in [0, 0.1) is 13.8 Å². The van der Waals surface area contributed by atoms with Crippen molar-refractivity contribution in [2.75, 3.05) is 0 Å². The van der Waals surface area contributed by atoms with Crippen LogP contribution in [0.1, 0.15) is 15.6 Å². The first-order chi connectivity index (χ1) is 4.74. The minimum Gasteiger partial charge on any atom is -0.411 e. The summed E-state index contributed by atoms with van der Waals surface area (Å²) in [6.45, 7) is 3.81. The molecule has 0 amide bonds. The highest BCUT2D eigenvalue weighted by atomic mass is 32.1. The van der Waals surface area contributed by atoms with Gasteiger partial charge in [0.2, 0.25) is 0 Å². The fourth-order valence-electron chi connectivity index (χ4n) is 0.719. The number of nitrogens with zero attached hydrogens (tertiary/aromatic N) is 2. The first-order valence-corrected chi connectivity index (χ1v) is 3.67. The van der Waals surface area contributed by atoms with Crippen LogP contribution < -0.4 is 0 Å². The molecule has 0 atom stereocenters. The van der Waals surface area contributed by atoms with Gasteiger partial charge in [0.15, 0.2) is 0 Å². The van der Waals surface area contributed by atoms with E-state index in [0.717, 1.165) is 15.6 Å². The van der Waals surface area contributed by atoms with Gasteiger partial charge in [-0.15, -0.1) is 11.3 Å². The first kappa shape index (κ1) is 7.21. The Kier molecular flexibility index (Phi) is 2.01. The Morgan fingerprint density at radius 1 is 1.60 bits per heavy atom. The van der Waals surface area contributed by atoms with Crippen molar-refractivity contribution in [1.29, 1.82) is 0 Å². The lowest BCUT2D eigenvalue weighted by molar-refractivity contribution is 0.322. The molecular weight excluding hydrogens is 148 g/mol. The van der Waals surface area contributed by atoms with Gasteiger partial charge < -0.3 is 5.21 Å². The van der Waals surface area contributed by atoms with Gasteiger partial charge in [0.1, 0.15) is 0 Å². The molecule has 0 spiro atoms. The smallest absolute Gasteiger partial charge is 0.0904 e. The van der Waals surface area contributed by atoms with E-state index in [1.54, 1.807) is 0 Å². The number of oxime groups is 1. The summed E-state index contributed by atoms with van der Waals surface area (Å²) in [7, 11) is 0. The molecule has 1 aromatic heterocycles. The quantitative estimate of drug-likeness (QED) is 0.381. The van der Waals surface area contributed by atoms with E-state index in [1.165, 1.54) is 17.6 Å². The molecule has 54 valence electrons. The molecule has 1 aromatic rings. The molecule has 0 unspecified atom stereocenters. The minimum atomic E-state index is 0.917. The molecule has 4 heteroatoms. The molecule has 0 fully saturated rings. The maximum atomic E-state index is 8.20. The highest BCUT2D eigenvalue weighted by Gasteiger charge is 2.00. The van der Waals surface area contributed by atoms with Gasteiger partial charge in [-0.05, 0) is 13.8 Å². The van der Waals surface area contributed by atoms with Gasteiger partial charge >= 0.3 is 0 Å². The minimum absolute atomic E-state index is 0.917.